The second-order valence-corrected chi connectivity index (χ2v) is 5.86. The van der Waals surface area contributed by atoms with Crippen molar-refractivity contribution in [1.82, 2.24) is 5.32 Å². The Bertz CT molecular complexity index is 369. The van der Waals surface area contributed by atoms with E-state index in [2.05, 4.69) is 21.2 Å². The number of nitrogens with one attached hydrogen (secondary N) is 1. The summed E-state index contributed by atoms with van der Waals surface area (Å²) in [7, 11) is 0. The minimum atomic E-state index is -0.703. The normalized spacial score (nSPS) is 16.3. The lowest BCUT2D eigenvalue weighted by molar-refractivity contribution is 0.0461. The average Bonchev–Trinajstić information content (AvgIpc) is 2.28. The summed E-state index contributed by atoms with van der Waals surface area (Å²) in [4.78, 5) is 0. The van der Waals surface area contributed by atoms with E-state index in [0.717, 1.165) is 22.9 Å². The monoisotopic (exact) mass is 315 g/mol. The fourth-order valence-corrected chi connectivity index (χ4v) is 2.35. The zero-order valence-electron chi connectivity index (χ0n) is 11.0. The molecule has 0 saturated carbocycles. The molecule has 18 heavy (non-hydrogen) atoms. The van der Waals surface area contributed by atoms with E-state index in [1.54, 1.807) is 0 Å². The molecular weight excluding hydrogens is 294 g/mol. The molecule has 0 saturated heterocycles. The van der Waals surface area contributed by atoms with E-state index in [9.17, 15) is 10.2 Å². The van der Waals surface area contributed by atoms with Crippen molar-refractivity contribution in [2.24, 2.45) is 0 Å². The van der Waals surface area contributed by atoms with Crippen molar-refractivity contribution >= 4 is 15.9 Å². The fraction of sp³-hybridized carbons (Fsp3) is 0.571. The van der Waals surface area contributed by atoms with Gasteiger partial charge in [-0.1, -0.05) is 41.4 Å². The average molecular weight is 316 g/mol. The SMILES string of the molecule is CCCC(C)(O)CNCC(O)c1cccc(Br)c1. The predicted octanol–water partition coefficient (Wildman–Crippen LogP) is 2.62. The van der Waals surface area contributed by atoms with E-state index >= 15 is 0 Å². The minimum Gasteiger partial charge on any atom is -0.389 e. The van der Waals surface area contributed by atoms with E-state index < -0.39 is 11.7 Å². The van der Waals surface area contributed by atoms with Crippen LogP contribution in [-0.4, -0.2) is 28.9 Å². The molecule has 1 rings (SSSR count). The molecule has 2 atom stereocenters. The Morgan fingerprint density at radius 2 is 2.17 bits per heavy atom. The highest BCUT2D eigenvalue weighted by atomic mass is 79.9. The second-order valence-electron chi connectivity index (χ2n) is 4.95. The van der Waals surface area contributed by atoms with Crippen LogP contribution < -0.4 is 5.32 Å². The summed E-state index contributed by atoms with van der Waals surface area (Å²) >= 11 is 3.38. The van der Waals surface area contributed by atoms with Crippen LogP contribution in [0.2, 0.25) is 0 Å². The van der Waals surface area contributed by atoms with Gasteiger partial charge < -0.3 is 15.5 Å². The Balaban J connectivity index is 2.40. The Kier molecular flexibility index (Phi) is 6.29. The molecule has 0 radical (unpaired) electrons. The van der Waals surface area contributed by atoms with Crippen LogP contribution in [-0.2, 0) is 0 Å². The van der Waals surface area contributed by atoms with Crippen LogP contribution in [0.3, 0.4) is 0 Å². The predicted molar refractivity (Wildman–Crippen MR) is 77.5 cm³/mol. The van der Waals surface area contributed by atoms with Gasteiger partial charge in [-0.15, -0.1) is 0 Å². The summed E-state index contributed by atoms with van der Waals surface area (Å²) in [6.45, 7) is 4.79. The molecule has 0 spiro atoms. The van der Waals surface area contributed by atoms with Crippen LogP contribution in [0.15, 0.2) is 28.7 Å². The summed E-state index contributed by atoms with van der Waals surface area (Å²) in [5, 5.41) is 23.1. The summed E-state index contributed by atoms with van der Waals surface area (Å²) in [5.74, 6) is 0. The van der Waals surface area contributed by atoms with Crippen molar-refractivity contribution in [3.05, 3.63) is 34.3 Å². The van der Waals surface area contributed by atoms with E-state index in [4.69, 9.17) is 0 Å². The second kappa shape index (κ2) is 7.24. The van der Waals surface area contributed by atoms with Gasteiger partial charge in [0.25, 0.3) is 0 Å². The third kappa shape index (κ3) is 5.48. The van der Waals surface area contributed by atoms with Gasteiger partial charge in [0.05, 0.1) is 11.7 Å². The molecule has 0 aliphatic rings. The maximum Gasteiger partial charge on any atom is 0.0914 e. The largest absolute Gasteiger partial charge is 0.389 e. The third-order valence-corrected chi connectivity index (χ3v) is 3.36. The first-order valence-electron chi connectivity index (χ1n) is 6.31. The molecule has 0 aromatic heterocycles. The van der Waals surface area contributed by atoms with Gasteiger partial charge >= 0.3 is 0 Å². The molecule has 102 valence electrons. The molecule has 4 heteroatoms. The molecular formula is C14H22BrNO2. The van der Waals surface area contributed by atoms with E-state index in [1.807, 2.05) is 38.1 Å². The van der Waals surface area contributed by atoms with Gasteiger partial charge in [0, 0.05) is 17.6 Å². The topological polar surface area (TPSA) is 52.5 Å². The van der Waals surface area contributed by atoms with Crippen LogP contribution in [0.4, 0.5) is 0 Å². The van der Waals surface area contributed by atoms with Crippen LogP contribution in [0.5, 0.6) is 0 Å². The summed E-state index contributed by atoms with van der Waals surface area (Å²) in [6, 6.07) is 7.61. The van der Waals surface area contributed by atoms with Gasteiger partial charge in [0.2, 0.25) is 0 Å². The third-order valence-electron chi connectivity index (χ3n) is 2.87. The Hall–Kier alpha value is -0.420. The van der Waals surface area contributed by atoms with Gasteiger partial charge in [0.1, 0.15) is 0 Å². The minimum absolute atomic E-state index is 0.441. The maximum absolute atomic E-state index is 10.0. The van der Waals surface area contributed by atoms with Crippen LogP contribution >= 0.6 is 15.9 Å². The van der Waals surface area contributed by atoms with Gasteiger partial charge in [-0.25, -0.2) is 0 Å². The molecule has 0 aliphatic carbocycles. The van der Waals surface area contributed by atoms with Crippen LogP contribution in [0, 0.1) is 0 Å². The first kappa shape index (κ1) is 15.6. The number of benzene rings is 1. The van der Waals surface area contributed by atoms with Gasteiger partial charge in [-0.05, 0) is 31.0 Å². The van der Waals surface area contributed by atoms with Crippen molar-refractivity contribution in [1.29, 1.82) is 0 Å². The summed E-state index contributed by atoms with van der Waals surface area (Å²) in [5.41, 5.74) is 0.165. The molecule has 0 amide bonds. The van der Waals surface area contributed by atoms with Crippen molar-refractivity contribution in [2.45, 2.75) is 38.4 Å². The first-order valence-corrected chi connectivity index (χ1v) is 7.10. The van der Waals surface area contributed by atoms with Crippen molar-refractivity contribution in [2.75, 3.05) is 13.1 Å². The highest BCUT2D eigenvalue weighted by Crippen LogP contribution is 2.18. The molecule has 1 aromatic rings. The lowest BCUT2D eigenvalue weighted by atomic mass is 10.0. The van der Waals surface area contributed by atoms with Gasteiger partial charge in [-0.2, -0.15) is 0 Å². The van der Waals surface area contributed by atoms with Crippen LogP contribution in [0.1, 0.15) is 38.4 Å². The zero-order chi connectivity index (χ0) is 13.6. The van der Waals surface area contributed by atoms with Gasteiger partial charge in [-0.3, -0.25) is 0 Å². The van der Waals surface area contributed by atoms with E-state index in [0.29, 0.717) is 13.1 Å². The number of hydrogen-bond acceptors (Lipinski definition) is 3. The molecule has 0 heterocycles. The molecule has 3 N–H and O–H groups in total. The lowest BCUT2D eigenvalue weighted by Crippen LogP contribution is -2.39. The van der Waals surface area contributed by atoms with Crippen molar-refractivity contribution in [3.8, 4) is 0 Å². The lowest BCUT2D eigenvalue weighted by Gasteiger charge is -2.24. The first-order chi connectivity index (χ1) is 8.44. The Morgan fingerprint density at radius 3 is 2.78 bits per heavy atom. The highest BCUT2D eigenvalue weighted by Gasteiger charge is 2.19. The molecule has 0 fully saturated rings. The standard InChI is InChI=1S/C14H22BrNO2/c1-3-7-14(2,18)10-16-9-13(17)11-5-4-6-12(15)8-11/h4-6,8,13,16-18H,3,7,9-10H2,1-2H3. The van der Waals surface area contributed by atoms with E-state index in [1.165, 1.54) is 0 Å². The number of halogens is 1. The number of aliphatic hydroxyl groups is 2. The van der Waals surface area contributed by atoms with Crippen molar-refractivity contribution < 1.29 is 10.2 Å². The maximum atomic E-state index is 10.0. The molecule has 2 unspecified atom stereocenters. The van der Waals surface area contributed by atoms with Gasteiger partial charge in [0.15, 0.2) is 0 Å². The quantitative estimate of drug-likeness (QED) is 0.725. The molecule has 0 bridgehead atoms. The number of hydrogen-bond donors (Lipinski definition) is 3. The number of rotatable bonds is 7. The molecule has 1 aromatic carbocycles. The Morgan fingerprint density at radius 1 is 1.44 bits per heavy atom. The summed E-state index contributed by atoms with van der Waals surface area (Å²) < 4.78 is 0.956. The molecule has 3 nitrogen and oxygen atoms in total. The Labute approximate surface area is 117 Å². The number of aliphatic hydroxyl groups excluding tert-OH is 1. The van der Waals surface area contributed by atoms with Crippen molar-refractivity contribution in [3.63, 3.8) is 0 Å². The van der Waals surface area contributed by atoms with E-state index in [-0.39, 0.29) is 0 Å². The molecule has 0 aliphatic heterocycles. The highest BCUT2D eigenvalue weighted by molar-refractivity contribution is 9.10. The van der Waals surface area contributed by atoms with Crippen LogP contribution in [0.25, 0.3) is 0 Å². The zero-order valence-corrected chi connectivity index (χ0v) is 12.6. The fourth-order valence-electron chi connectivity index (χ4n) is 1.94. The summed E-state index contributed by atoms with van der Waals surface area (Å²) in [6.07, 6.45) is 1.15. The smallest absolute Gasteiger partial charge is 0.0914 e.